The number of nitrogens with two attached hydrogens (primary N) is 1. The zero-order valence-corrected chi connectivity index (χ0v) is 19.3. The molecule has 0 amide bonds. The predicted octanol–water partition coefficient (Wildman–Crippen LogP) is 5.94. The van der Waals surface area contributed by atoms with Crippen LogP contribution in [0.15, 0.2) is 42.0 Å². The fraction of sp³-hybridized carbons (Fsp3) is 0.407. The van der Waals surface area contributed by atoms with Gasteiger partial charge in [-0.3, -0.25) is 0 Å². The van der Waals surface area contributed by atoms with Crippen LogP contribution < -0.4 is 15.8 Å². The molecule has 0 radical (unpaired) electrons. The van der Waals surface area contributed by atoms with Gasteiger partial charge in [-0.1, -0.05) is 44.6 Å². The van der Waals surface area contributed by atoms with Crippen LogP contribution in [0.3, 0.4) is 0 Å². The number of fused-ring (bicyclic) bond motifs is 1. The molecular weight excluding hydrogens is 382 g/mol. The highest BCUT2D eigenvalue weighted by Crippen LogP contribution is 2.41. The minimum Gasteiger partial charge on any atom is -0.492 e. The molecule has 1 aliphatic carbocycles. The molecule has 1 heterocycles. The second-order valence-electron chi connectivity index (χ2n) is 9.18. The first-order valence-corrected chi connectivity index (χ1v) is 11.5. The summed E-state index contributed by atoms with van der Waals surface area (Å²) in [6.07, 6.45) is 6.11. The van der Waals surface area contributed by atoms with Gasteiger partial charge in [0.1, 0.15) is 12.4 Å². The summed E-state index contributed by atoms with van der Waals surface area (Å²) in [6.45, 7) is 11.4. The minimum atomic E-state index is -0.213. The fourth-order valence-corrected chi connectivity index (χ4v) is 4.53. The Kier molecular flexibility index (Phi) is 6.10. The van der Waals surface area contributed by atoms with Crippen molar-refractivity contribution in [2.24, 2.45) is 0 Å². The third kappa shape index (κ3) is 4.35. The van der Waals surface area contributed by atoms with E-state index >= 15 is 0 Å². The summed E-state index contributed by atoms with van der Waals surface area (Å²) in [5.41, 5.74) is 14.4. The number of aromatic nitrogens is 1. The molecule has 164 valence electrons. The van der Waals surface area contributed by atoms with Crippen molar-refractivity contribution in [2.75, 3.05) is 25.4 Å². The summed E-state index contributed by atoms with van der Waals surface area (Å²) >= 11 is 0. The van der Waals surface area contributed by atoms with Gasteiger partial charge in [-0.25, -0.2) is 0 Å². The summed E-state index contributed by atoms with van der Waals surface area (Å²) < 4.78 is 6.03. The van der Waals surface area contributed by atoms with E-state index in [0.717, 1.165) is 30.0 Å². The first-order valence-electron chi connectivity index (χ1n) is 11.5. The normalized spacial score (nSPS) is 14.0. The number of benzene rings is 2. The average molecular weight is 418 g/mol. The molecule has 31 heavy (non-hydrogen) atoms. The standard InChI is InChI=1S/C27H35N3O/c1-5-29-13-14-31-21-11-9-18(2)24(17-21)27(3,4)26-23(15-19-7-6-8-19)22-12-10-20(28)16-25(22)30-26/h9-12,15-17,29-30H,5-8,13-14,28H2,1-4H3. The number of H-pyrrole nitrogens is 1. The van der Waals surface area contributed by atoms with E-state index in [-0.39, 0.29) is 5.41 Å². The molecule has 0 atom stereocenters. The Morgan fingerprint density at radius 3 is 2.68 bits per heavy atom. The van der Waals surface area contributed by atoms with E-state index in [0.29, 0.717) is 6.61 Å². The fourth-order valence-electron chi connectivity index (χ4n) is 4.53. The van der Waals surface area contributed by atoms with Gasteiger partial charge in [0.05, 0.1) is 0 Å². The molecule has 4 rings (SSSR count). The maximum atomic E-state index is 6.10. The molecule has 4 nitrogen and oxygen atoms in total. The van der Waals surface area contributed by atoms with E-state index in [1.54, 1.807) is 0 Å². The highest BCUT2D eigenvalue weighted by atomic mass is 16.5. The van der Waals surface area contributed by atoms with E-state index in [1.807, 2.05) is 12.1 Å². The van der Waals surface area contributed by atoms with Crippen LogP contribution in [-0.4, -0.2) is 24.7 Å². The first kappa shape index (κ1) is 21.5. The molecule has 0 aliphatic heterocycles. The van der Waals surface area contributed by atoms with Crippen LogP contribution in [-0.2, 0) is 5.41 Å². The van der Waals surface area contributed by atoms with Crippen molar-refractivity contribution in [3.63, 3.8) is 0 Å². The Bertz CT molecular complexity index is 1100. The third-order valence-corrected chi connectivity index (χ3v) is 6.51. The van der Waals surface area contributed by atoms with Crippen molar-refractivity contribution in [2.45, 2.75) is 52.4 Å². The van der Waals surface area contributed by atoms with Crippen molar-refractivity contribution in [3.05, 3.63) is 64.4 Å². The quantitative estimate of drug-likeness (QED) is 0.314. The number of anilines is 1. The molecule has 4 N–H and O–H groups in total. The molecule has 1 saturated carbocycles. The lowest BCUT2D eigenvalue weighted by Gasteiger charge is -2.28. The van der Waals surface area contributed by atoms with Crippen molar-refractivity contribution in [1.82, 2.24) is 10.3 Å². The number of likely N-dealkylation sites (N-methyl/N-ethyl adjacent to an activating group) is 1. The molecule has 0 saturated heterocycles. The van der Waals surface area contributed by atoms with Gasteiger partial charge in [0.15, 0.2) is 0 Å². The molecule has 0 bridgehead atoms. The Morgan fingerprint density at radius 1 is 1.16 bits per heavy atom. The first-order chi connectivity index (χ1) is 14.9. The molecule has 1 fully saturated rings. The van der Waals surface area contributed by atoms with E-state index in [4.69, 9.17) is 10.5 Å². The Hall–Kier alpha value is -2.72. The Labute approximate surface area is 185 Å². The number of nitrogens with one attached hydrogen (secondary N) is 2. The van der Waals surface area contributed by atoms with E-state index < -0.39 is 0 Å². The van der Waals surface area contributed by atoms with E-state index in [1.165, 1.54) is 52.6 Å². The number of nitrogen functional groups attached to an aromatic ring is 1. The van der Waals surface area contributed by atoms with Crippen LogP contribution in [0.5, 0.6) is 5.75 Å². The lowest BCUT2D eigenvalue weighted by atomic mass is 9.77. The maximum Gasteiger partial charge on any atom is 0.119 e. The number of hydrogen-bond acceptors (Lipinski definition) is 3. The Balaban J connectivity index is 1.77. The van der Waals surface area contributed by atoms with Gasteiger partial charge < -0.3 is 20.8 Å². The molecule has 0 spiro atoms. The largest absolute Gasteiger partial charge is 0.492 e. The third-order valence-electron chi connectivity index (χ3n) is 6.51. The summed E-state index contributed by atoms with van der Waals surface area (Å²) in [6, 6.07) is 12.7. The van der Waals surface area contributed by atoms with Gasteiger partial charge in [0.2, 0.25) is 0 Å². The highest BCUT2D eigenvalue weighted by molar-refractivity contribution is 5.93. The number of ether oxygens (including phenoxy) is 1. The number of rotatable bonds is 8. The zero-order valence-electron chi connectivity index (χ0n) is 19.3. The van der Waals surface area contributed by atoms with Crippen molar-refractivity contribution in [3.8, 4) is 5.75 Å². The summed E-state index contributed by atoms with van der Waals surface area (Å²) in [4.78, 5) is 3.73. The molecule has 0 unspecified atom stereocenters. The maximum absolute atomic E-state index is 6.10. The van der Waals surface area contributed by atoms with E-state index in [2.05, 4.69) is 68.3 Å². The van der Waals surface area contributed by atoms with Crippen LogP contribution in [0.25, 0.3) is 17.0 Å². The second kappa shape index (κ2) is 8.80. The number of aromatic amines is 1. The van der Waals surface area contributed by atoms with Crippen LogP contribution in [0.1, 0.15) is 62.4 Å². The molecule has 3 aromatic rings. The van der Waals surface area contributed by atoms with Crippen molar-refractivity contribution >= 4 is 22.7 Å². The van der Waals surface area contributed by atoms with Gasteiger partial charge in [-0.15, -0.1) is 0 Å². The molecule has 2 aromatic carbocycles. The molecule has 4 heteroatoms. The topological polar surface area (TPSA) is 63.1 Å². The van der Waals surface area contributed by atoms with Gasteiger partial charge in [0.25, 0.3) is 0 Å². The lowest BCUT2D eigenvalue weighted by Crippen LogP contribution is -2.23. The smallest absolute Gasteiger partial charge is 0.119 e. The number of allylic oxidation sites excluding steroid dienone is 1. The molecular formula is C27H35N3O. The van der Waals surface area contributed by atoms with Crippen LogP contribution >= 0.6 is 0 Å². The average Bonchev–Trinajstić information content (AvgIpc) is 3.07. The van der Waals surface area contributed by atoms with Crippen LogP contribution in [0.2, 0.25) is 0 Å². The van der Waals surface area contributed by atoms with Crippen molar-refractivity contribution in [1.29, 1.82) is 0 Å². The van der Waals surface area contributed by atoms with E-state index in [9.17, 15) is 0 Å². The number of aryl methyl sites for hydroxylation is 1. The lowest BCUT2D eigenvalue weighted by molar-refractivity contribution is 0.314. The molecule has 1 aliphatic rings. The van der Waals surface area contributed by atoms with Gasteiger partial charge in [0, 0.05) is 39.8 Å². The van der Waals surface area contributed by atoms with Gasteiger partial charge in [-0.2, -0.15) is 0 Å². The van der Waals surface area contributed by atoms with Crippen LogP contribution in [0.4, 0.5) is 5.69 Å². The summed E-state index contributed by atoms with van der Waals surface area (Å²) in [7, 11) is 0. The predicted molar refractivity (Wildman–Crippen MR) is 132 cm³/mol. The molecule has 1 aromatic heterocycles. The summed E-state index contributed by atoms with van der Waals surface area (Å²) in [5, 5.41) is 4.55. The minimum absolute atomic E-state index is 0.213. The summed E-state index contributed by atoms with van der Waals surface area (Å²) in [5.74, 6) is 0.922. The monoisotopic (exact) mass is 417 g/mol. The zero-order chi connectivity index (χ0) is 22.0. The number of hydrogen-bond donors (Lipinski definition) is 3. The van der Waals surface area contributed by atoms with Crippen molar-refractivity contribution < 1.29 is 4.74 Å². The Morgan fingerprint density at radius 2 is 1.97 bits per heavy atom. The SMILES string of the molecule is CCNCCOc1ccc(C)c(C(C)(C)c2[nH]c3cc(N)ccc3c2C=C2CCC2)c1. The van der Waals surface area contributed by atoms with Gasteiger partial charge >= 0.3 is 0 Å². The van der Waals surface area contributed by atoms with Crippen LogP contribution in [0, 0.1) is 6.92 Å². The van der Waals surface area contributed by atoms with Gasteiger partial charge in [-0.05, 0) is 68.1 Å². The second-order valence-corrected chi connectivity index (χ2v) is 9.18. The highest BCUT2D eigenvalue weighted by Gasteiger charge is 2.30.